The largest absolute Gasteiger partial charge is 0.507 e. The van der Waals surface area contributed by atoms with Crippen LogP contribution in [0.4, 0.5) is 5.69 Å². The highest BCUT2D eigenvalue weighted by Gasteiger charge is 2.19. The van der Waals surface area contributed by atoms with E-state index in [-0.39, 0.29) is 27.8 Å². The average molecular weight is 343 g/mol. The zero-order valence-electron chi connectivity index (χ0n) is 12.3. The van der Waals surface area contributed by atoms with Crippen LogP contribution >= 0.6 is 0 Å². The summed E-state index contributed by atoms with van der Waals surface area (Å²) in [5.74, 6) is -0.790. The Morgan fingerprint density at radius 2 is 1.67 bits per heavy atom. The minimum absolute atomic E-state index is 0.149. The van der Waals surface area contributed by atoms with Crippen LogP contribution in [0, 0.1) is 0 Å². The number of nitrogens with two attached hydrogens (primary N) is 1. The maximum absolute atomic E-state index is 12.7. The minimum atomic E-state index is -4.50. The summed E-state index contributed by atoms with van der Waals surface area (Å²) in [4.78, 5) is 12.2. The monoisotopic (exact) mass is 343 g/mol. The predicted molar refractivity (Wildman–Crippen MR) is 89.7 cm³/mol. The normalized spacial score (nSPS) is 11.5. The Kier molecular flexibility index (Phi) is 3.75. The second-order valence-corrected chi connectivity index (χ2v) is 6.70. The molecule has 0 radical (unpaired) electrons. The molecule has 0 bridgehead atoms. The third-order valence-electron chi connectivity index (χ3n) is 3.60. The highest BCUT2D eigenvalue weighted by atomic mass is 32.2. The molecule has 0 unspecified atom stereocenters. The molecule has 122 valence electrons. The number of nitrogen functional groups attached to an aromatic ring is 1. The van der Waals surface area contributed by atoms with Gasteiger partial charge in [0.15, 0.2) is 5.78 Å². The number of aromatic hydroxyl groups is 1. The maximum atomic E-state index is 12.7. The van der Waals surface area contributed by atoms with Gasteiger partial charge in [0.1, 0.15) is 5.75 Å². The molecule has 3 rings (SSSR count). The Morgan fingerprint density at radius 1 is 1.00 bits per heavy atom. The minimum Gasteiger partial charge on any atom is -0.507 e. The van der Waals surface area contributed by atoms with E-state index in [0.29, 0.717) is 5.56 Å². The third-order valence-corrected chi connectivity index (χ3v) is 4.43. The van der Waals surface area contributed by atoms with Crippen LogP contribution in [-0.2, 0) is 10.1 Å². The fourth-order valence-corrected chi connectivity index (χ4v) is 3.10. The molecule has 0 fully saturated rings. The van der Waals surface area contributed by atoms with Gasteiger partial charge in [0.2, 0.25) is 0 Å². The van der Waals surface area contributed by atoms with Crippen LogP contribution in [0.1, 0.15) is 15.9 Å². The van der Waals surface area contributed by atoms with E-state index in [2.05, 4.69) is 0 Å². The number of anilines is 1. The number of benzene rings is 3. The van der Waals surface area contributed by atoms with Crippen LogP contribution in [0.2, 0.25) is 0 Å². The van der Waals surface area contributed by atoms with Crippen LogP contribution in [0.5, 0.6) is 5.75 Å². The molecular weight excluding hydrogens is 330 g/mol. The lowest BCUT2D eigenvalue weighted by Gasteiger charge is -2.11. The van der Waals surface area contributed by atoms with Crippen LogP contribution in [0.15, 0.2) is 59.5 Å². The first kappa shape index (κ1) is 16.0. The number of fused-ring (bicyclic) bond motifs is 1. The molecule has 0 aliphatic carbocycles. The number of phenols is 1. The molecule has 0 saturated carbocycles. The van der Waals surface area contributed by atoms with Crippen molar-refractivity contribution < 1.29 is 22.9 Å². The Bertz CT molecular complexity index is 1060. The van der Waals surface area contributed by atoms with Crippen molar-refractivity contribution in [3.8, 4) is 5.75 Å². The summed E-state index contributed by atoms with van der Waals surface area (Å²) in [6.07, 6.45) is 0. The Labute approximate surface area is 137 Å². The number of hydrogen-bond donors (Lipinski definition) is 3. The van der Waals surface area contributed by atoms with Crippen LogP contribution in [0.25, 0.3) is 10.8 Å². The molecule has 0 amide bonds. The number of hydrogen-bond acceptors (Lipinski definition) is 5. The molecule has 4 N–H and O–H groups in total. The fraction of sp³-hybridized carbons (Fsp3) is 0. The quantitative estimate of drug-likeness (QED) is 0.382. The summed E-state index contributed by atoms with van der Waals surface area (Å²) in [7, 11) is -4.50. The first-order valence-corrected chi connectivity index (χ1v) is 8.35. The molecule has 3 aromatic rings. The topological polar surface area (TPSA) is 118 Å². The van der Waals surface area contributed by atoms with Crippen molar-refractivity contribution in [1.29, 1.82) is 0 Å². The summed E-state index contributed by atoms with van der Waals surface area (Å²) >= 11 is 0. The summed E-state index contributed by atoms with van der Waals surface area (Å²) in [5, 5.41) is 10.6. The Balaban J connectivity index is 2.32. The van der Waals surface area contributed by atoms with Crippen molar-refractivity contribution in [2.24, 2.45) is 0 Å². The van der Waals surface area contributed by atoms with Gasteiger partial charge in [-0.15, -0.1) is 0 Å². The Morgan fingerprint density at radius 3 is 2.29 bits per heavy atom. The zero-order chi connectivity index (χ0) is 17.5. The smallest absolute Gasteiger partial charge is 0.294 e. The molecule has 6 nitrogen and oxygen atoms in total. The zero-order valence-corrected chi connectivity index (χ0v) is 13.1. The van der Waals surface area contributed by atoms with Crippen molar-refractivity contribution in [1.82, 2.24) is 0 Å². The van der Waals surface area contributed by atoms with E-state index in [4.69, 9.17) is 10.3 Å². The van der Waals surface area contributed by atoms with Gasteiger partial charge < -0.3 is 10.8 Å². The van der Waals surface area contributed by atoms with E-state index in [1.165, 1.54) is 12.1 Å². The van der Waals surface area contributed by atoms with E-state index >= 15 is 0 Å². The summed E-state index contributed by atoms with van der Waals surface area (Å²) < 4.78 is 31.8. The van der Waals surface area contributed by atoms with Gasteiger partial charge in [0.25, 0.3) is 10.1 Å². The molecule has 3 aromatic carbocycles. The first-order chi connectivity index (χ1) is 11.3. The first-order valence-electron chi connectivity index (χ1n) is 6.91. The second kappa shape index (κ2) is 5.63. The number of carbonyl (C=O) groups excluding carboxylic acids is 1. The molecule has 0 spiro atoms. The maximum Gasteiger partial charge on any atom is 0.294 e. The SMILES string of the molecule is Nc1cc(C(=O)c2ccccc2)c2c(O)cc(S(=O)(=O)O)cc2c1. The molecule has 7 heteroatoms. The van der Waals surface area contributed by atoms with Gasteiger partial charge >= 0.3 is 0 Å². The fourth-order valence-electron chi connectivity index (χ4n) is 2.56. The van der Waals surface area contributed by atoms with Crippen molar-refractivity contribution in [3.63, 3.8) is 0 Å². The van der Waals surface area contributed by atoms with Crippen LogP contribution < -0.4 is 5.73 Å². The summed E-state index contributed by atoms with van der Waals surface area (Å²) in [5.41, 5.74) is 6.59. The van der Waals surface area contributed by atoms with E-state index in [0.717, 1.165) is 12.1 Å². The van der Waals surface area contributed by atoms with Crippen LogP contribution in [0.3, 0.4) is 0 Å². The lowest BCUT2D eigenvalue weighted by atomic mass is 9.96. The number of ketones is 1. The molecule has 24 heavy (non-hydrogen) atoms. The lowest BCUT2D eigenvalue weighted by molar-refractivity contribution is 0.104. The molecule has 0 aliphatic rings. The average Bonchev–Trinajstić information content (AvgIpc) is 2.53. The standard InChI is InChI=1S/C17H13NO5S/c18-12-6-11-7-13(24(21,22)23)9-15(19)16(11)14(8-12)17(20)10-4-2-1-3-5-10/h1-9,19H,18H2,(H,21,22,23). The van der Waals surface area contributed by atoms with Gasteiger partial charge in [-0.05, 0) is 23.6 Å². The molecule has 0 aliphatic heterocycles. The van der Waals surface area contributed by atoms with Crippen molar-refractivity contribution in [2.45, 2.75) is 4.90 Å². The summed E-state index contributed by atoms with van der Waals surface area (Å²) in [6, 6.07) is 13.3. The van der Waals surface area contributed by atoms with Crippen molar-refractivity contribution in [2.75, 3.05) is 5.73 Å². The van der Waals surface area contributed by atoms with Gasteiger partial charge in [-0.2, -0.15) is 8.42 Å². The van der Waals surface area contributed by atoms with Gasteiger partial charge in [0.05, 0.1) is 4.90 Å². The van der Waals surface area contributed by atoms with Crippen molar-refractivity contribution >= 4 is 32.4 Å². The third kappa shape index (κ3) is 2.82. The van der Waals surface area contributed by atoms with Crippen molar-refractivity contribution in [3.05, 3.63) is 65.7 Å². The van der Waals surface area contributed by atoms with E-state index in [1.807, 2.05) is 0 Å². The molecular formula is C17H13NO5S. The lowest BCUT2D eigenvalue weighted by Crippen LogP contribution is -2.04. The number of rotatable bonds is 3. The molecule has 0 heterocycles. The second-order valence-electron chi connectivity index (χ2n) is 5.28. The highest BCUT2D eigenvalue weighted by Crippen LogP contribution is 2.34. The van der Waals surface area contributed by atoms with E-state index in [9.17, 15) is 18.3 Å². The highest BCUT2D eigenvalue weighted by molar-refractivity contribution is 7.85. The van der Waals surface area contributed by atoms with Gasteiger partial charge in [-0.3, -0.25) is 9.35 Å². The van der Waals surface area contributed by atoms with Gasteiger partial charge in [-0.1, -0.05) is 30.3 Å². The molecule has 0 saturated heterocycles. The number of carbonyl (C=O) groups is 1. The van der Waals surface area contributed by atoms with E-state index in [1.54, 1.807) is 30.3 Å². The summed E-state index contributed by atoms with van der Waals surface area (Å²) in [6.45, 7) is 0. The Hall–Kier alpha value is -2.90. The van der Waals surface area contributed by atoms with Crippen LogP contribution in [-0.4, -0.2) is 23.9 Å². The van der Waals surface area contributed by atoms with Gasteiger partial charge in [-0.25, -0.2) is 0 Å². The van der Waals surface area contributed by atoms with E-state index < -0.39 is 20.8 Å². The molecule has 0 aromatic heterocycles. The predicted octanol–water partition coefficient (Wildman–Crippen LogP) is 2.61. The van der Waals surface area contributed by atoms with Gasteiger partial charge in [0, 0.05) is 28.3 Å². The molecule has 0 atom stereocenters. The number of phenolic OH excluding ortho intramolecular Hbond substituents is 1.